The van der Waals surface area contributed by atoms with Gasteiger partial charge >= 0.3 is 0 Å². The summed E-state index contributed by atoms with van der Waals surface area (Å²) in [5.41, 5.74) is 0. The molecule has 58 valence electrons. The van der Waals surface area contributed by atoms with Gasteiger partial charge in [-0.2, -0.15) is 0 Å². The lowest BCUT2D eigenvalue weighted by atomic mass is 10.7. The molecule has 0 amide bonds. The molecule has 3 aliphatic rings. The van der Waals surface area contributed by atoms with E-state index in [1.54, 1.807) is 23.5 Å². The zero-order valence-corrected chi connectivity index (χ0v) is 7.68. The van der Waals surface area contributed by atoms with Crippen LogP contribution in [0.2, 0.25) is 0 Å². The van der Waals surface area contributed by atoms with Gasteiger partial charge in [0.15, 0.2) is 8.53 Å². The fraction of sp³-hybridized carbons (Fsp3) is 1.00. The third-order valence-corrected chi connectivity index (χ3v) is 4.51. The second-order valence-corrected chi connectivity index (χ2v) is 6.67. The highest BCUT2D eigenvalue weighted by molar-refractivity contribution is 8.35. The molecule has 3 saturated heterocycles. The number of thioether (sulfide) groups is 2. The van der Waals surface area contributed by atoms with Crippen LogP contribution in [-0.2, 0) is 9.47 Å². The molecule has 0 N–H and O–H groups in total. The number of hydrogen-bond acceptors (Lipinski definition) is 4. The van der Waals surface area contributed by atoms with Gasteiger partial charge in [-0.05, 0) is 13.8 Å². The van der Waals surface area contributed by atoms with E-state index < -0.39 is 0 Å². The standard InChI is InChI=1S/C6H10O2S2/c1-5-7-3-4-8-6(2,9-5)10-5/h3-4H2,1-2H3. The number of hydrogen-bond donors (Lipinski definition) is 0. The number of rotatable bonds is 0. The molecule has 0 atom stereocenters. The van der Waals surface area contributed by atoms with Gasteiger partial charge < -0.3 is 9.47 Å². The zero-order chi connectivity index (χ0) is 7.24. The van der Waals surface area contributed by atoms with E-state index in [0.29, 0.717) is 0 Å². The van der Waals surface area contributed by atoms with E-state index >= 15 is 0 Å². The molecule has 10 heavy (non-hydrogen) atoms. The van der Waals surface area contributed by atoms with Crippen LogP contribution in [0.5, 0.6) is 0 Å². The van der Waals surface area contributed by atoms with Crippen molar-refractivity contribution < 1.29 is 9.47 Å². The van der Waals surface area contributed by atoms with Crippen molar-refractivity contribution in [3.63, 3.8) is 0 Å². The van der Waals surface area contributed by atoms with Crippen LogP contribution in [0, 0.1) is 0 Å². The normalized spacial score (nSPS) is 53.4. The third-order valence-electron chi connectivity index (χ3n) is 1.55. The summed E-state index contributed by atoms with van der Waals surface area (Å²) in [6.07, 6.45) is 0. The Labute approximate surface area is 69.0 Å². The van der Waals surface area contributed by atoms with Crippen molar-refractivity contribution in [1.29, 1.82) is 0 Å². The van der Waals surface area contributed by atoms with E-state index in [0.717, 1.165) is 13.2 Å². The summed E-state index contributed by atoms with van der Waals surface area (Å²) in [7, 11) is 0. The first-order chi connectivity index (χ1) is 4.62. The van der Waals surface area contributed by atoms with Crippen LogP contribution in [0.4, 0.5) is 0 Å². The first kappa shape index (κ1) is 7.28. The Morgan fingerprint density at radius 1 is 1.00 bits per heavy atom. The molecule has 2 bridgehead atoms. The van der Waals surface area contributed by atoms with Gasteiger partial charge in [-0.1, -0.05) is 23.5 Å². The van der Waals surface area contributed by atoms with Gasteiger partial charge in [-0.25, -0.2) is 0 Å². The Morgan fingerprint density at radius 3 is 1.80 bits per heavy atom. The molecule has 0 radical (unpaired) electrons. The average molecular weight is 178 g/mol. The van der Waals surface area contributed by atoms with Crippen LogP contribution in [0.25, 0.3) is 0 Å². The molecule has 4 heteroatoms. The molecule has 3 fully saturated rings. The van der Waals surface area contributed by atoms with E-state index in [-0.39, 0.29) is 8.53 Å². The monoisotopic (exact) mass is 178 g/mol. The van der Waals surface area contributed by atoms with Crippen molar-refractivity contribution in [2.45, 2.75) is 22.4 Å². The lowest BCUT2D eigenvalue weighted by molar-refractivity contribution is 0.0557. The van der Waals surface area contributed by atoms with Gasteiger partial charge in [0.1, 0.15) is 0 Å². The van der Waals surface area contributed by atoms with Crippen LogP contribution in [0.1, 0.15) is 13.8 Å². The predicted octanol–water partition coefficient (Wildman–Crippen LogP) is 1.86. The van der Waals surface area contributed by atoms with E-state index in [9.17, 15) is 0 Å². The fourth-order valence-electron chi connectivity index (χ4n) is 1.25. The summed E-state index contributed by atoms with van der Waals surface area (Å²) in [5, 5.41) is 0. The maximum atomic E-state index is 5.52. The quantitative estimate of drug-likeness (QED) is 0.563. The molecule has 0 aromatic carbocycles. The topological polar surface area (TPSA) is 18.5 Å². The predicted molar refractivity (Wildman–Crippen MR) is 43.9 cm³/mol. The van der Waals surface area contributed by atoms with Crippen LogP contribution >= 0.6 is 23.5 Å². The van der Waals surface area contributed by atoms with Crippen LogP contribution in [0.15, 0.2) is 0 Å². The van der Waals surface area contributed by atoms with Gasteiger partial charge in [0.2, 0.25) is 0 Å². The van der Waals surface area contributed by atoms with Gasteiger partial charge in [0.25, 0.3) is 0 Å². The van der Waals surface area contributed by atoms with Gasteiger partial charge in [-0.3, -0.25) is 0 Å². The molecule has 0 spiro atoms. The zero-order valence-electron chi connectivity index (χ0n) is 6.05. The largest absolute Gasteiger partial charge is 0.353 e. The molecule has 0 aliphatic carbocycles. The summed E-state index contributed by atoms with van der Waals surface area (Å²) in [5.74, 6) is 0. The maximum Gasteiger partial charge on any atom is 0.164 e. The third kappa shape index (κ3) is 1.07. The van der Waals surface area contributed by atoms with Crippen molar-refractivity contribution >= 4 is 23.5 Å². The van der Waals surface area contributed by atoms with E-state index in [1.807, 2.05) is 0 Å². The van der Waals surface area contributed by atoms with E-state index in [2.05, 4.69) is 13.8 Å². The van der Waals surface area contributed by atoms with Crippen molar-refractivity contribution in [3.05, 3.63) is 0 Å². The Morgan fingerprint density at radius 2 is 1.40 bits per heavy atom. The second kappa shape index (κ2) is 2.06. The van der Waals surface area contributed by atoms with Crippen molar-refractivity contribution in [3.8, 4) is 0 Å². The molecule has 3 aliphatic heterocycles. The highest BCUT2D eigenvalue weighted by atomic mass is 32.3. The SMILES string of the molecule is CC12OCCOC(C)(S1)S2. The summed E-state index contributed by atoms with van der Waals surface area (Å²) in [4.78, 5) is 0. The Bertz CT molecular complexity index is 138. The Balaban J connectivity index is 2.11. The highest BCUT2D eigenvalue weighted by Gasteiger charge is 2.54. The Hall–Kier alpha value is 0.620. The molecular weight excluding hydrogens is 168 g/mol. The number of ether oxygens (including phenoxy) is 2. The van der Waals surface area contributed by atoms with Gasteiger partial charge in [0, 0.05) is 0 Å². The minimum absolute atomic E-state index is 0.0226. The molecule has 3 heterocycles. The van der Waals surface area contributed by atoms with E-state index in [4.69, 9.17) is 9.47 Å². The van der Waals surface area contributed by atoms with Crippen molar-refractivity contribution in [2.24, 2.45) is 0 Å². The maximum absolute atomic E-state index is 5.52. The van der Waals surface area contributed by atoms with Crippen molar-refractivity contribution in [1.82, 2.24) is 0 Å². The first-order valence-electron chi connectivity index (χ1n) is 3.30. The molecular formula is C6H10O2S2. The molecule has 3 rings (SSSR count). The lowest BCUT2D eigenvalue weighted by Gasteiger charge is -2.46. The van der Waals surface area contributed by atoms with E-state index in [1.165, 1.54) is 0 Å². The molecule has 0 aromatic rings. The molecule has 0 aromatic heterocycles. The summed E-state index contributed by atoms with van der Waals surface area (Å²) >= 11 is 3.52. The molecule has 0 unspecified atom stereocenters. The van der Waals surface area contributed by atoms with Gasteiger partial charge in [0.05, 0.1) is 13.2 Å². The minimum atomic E-state index is -0.0226. The summed E-state index contributed by atoms with van der Waals surface area (Å²) in [6, 6.07) is 0. The Kier molecular flexibility index (Phi) is 1.50. The van der Waals surface area contributed by atoms with Gasteiger partial charge in [-0.15, -0.1) is 0 Å². The highest BCUT2D eigenvalue weighted by Crippen LogP contribution is 2.65. The number of fused-ring (bicyclic) bond motifs is 3. The van der Waals surface area contributed by atoms with Crippen LogP contribution in [0.3, 0.4) is 0 Å². The average Bonchev–Trinajstić information content (AvgIpc) is 1.93. The van der Waals surface area contributed by atoms with Crippen molar-refractivity contribution in [2.75, 3.05) is 13.2 Å². The minimum Gasteiger partial charge on any atom is -0.353 e. The second-order valence-electron chi connectivity index (χ2n) is 2.63. The van der Waals surface area contributed by atoms with Crippen LogP contribution in [-0.4, -0.2) is 21.7 Å². The molecule has 2 nitrogen and oxygen atoms in total. The fourth-order valence-corrected chi connectivity index (χ4v) is 4.84. The lowest BCUT2D eigenvalue weighted by Crippen LogP contribution is -2.40. The molecule has 0 saturated carbocycles. The smallest absolute Gasteiger partial charge is 0.164 e. The first-order valence-corrected chi connectivity index (χ1v) is 4.94. The van der Waals surface area contributed by atoms with Crippen LogP contribution < -0.4 is 0 Å². The summed E-state index contributed by atoms with van der Waals surface area (Å²) < 4.78 is 11.0. The summed E-state index contributed by atoms with van der Waals surface area (Å²) in [6.45, 7) is 5.65.